The van der Waals surface area contributed by atoms with Crippen molar-refractivity contribution in [2.24, 2.45) is 5.92 Å². The molecule has 0 saturated carbocycles. The van der Waals surface area contributed by atoms with Gasteiger partial charge in [-0.25, -0.2) is 4.39 Å². The number of hydrogen-bond donors (Lipinski definition) is 2. The first-order chi connectivity index (χ1) is 11.4. The van der Waals surface area contributed by atoms with Crippen LogP contribution in [-0.2, 0) is 0 Å². The minimum Gasteiger partial charge on any atom is -0.493 e. The lowest BCUT2D eigenvalue weighted by Gasteiger charge is -2.11. The average Bonchev–Trinajstić information content (AvgIpc) is 2.53. The molecule has 6 heteroatoms. The van der Waals surface area contributed by atoms with Crippen LogP contribution in [0.3, 0.4) is 0 Å². The summed E-state index contributed by atoms with van der Waals surface area (Å²) in [6, 6.07) is 12.6. The number of anilines is 1. The Bertz CT molecular complexity index is 717. The number of halogens is 1. The van der Waals surface area contributed by atoms with Gasteiger partial charge in [0, 0.05) is 11.3 Å². The van der Waals surface area contributed by atoms with Crippen molar-refractivity contribution in [2.45, 2.75) is 13.8 Å². The third-order valence-electron chi connectivity index (χ3n) is 3.01. The van der Waals surface area contributed by atoms with Crippen molar-refractivity contribution in [1.82, 2.24) is 5.32 Å². The number of hydrogen-bond acceptors (Lipinski definition) is 3. The fourth-order valence-electron chi connectivity index (χ4n) is 1.87. The summed E-state index contributed by atoms with van der Waals surface area (Å²) in [6.07, 6.45) is 0. The van der Waals surface area contributed by atoms with Crippen molar-refractivity contribution in [1.29, 1.82) is 0 Å². The third-order valence-corrected chi connectivity index (χ3v) is 3.21. The molecule has 2 N–H and O–H groups in total. The summed E-state index contributed by atoms with van der Waals surface area (Å²) in [4.78, 5) is 12.1. The zero-order valence-corrected chi connectivity index (χ0v) is 14.3. The van der Waals surface area contributed by atoms with Crippen LogP contribution in [0.2, 0.25) is 0 Å². The Morgan fingerprint density at radius 1 is 1.21 bits per heavy atom. The average molecular weight is 346 g/mol. The second kappa shape index (κ2) is 8.40. The standard InChI is InChI=1S/C18H19FN2O2S/c1-12(2)11-23-16-8-6-13(7-9-16)17(22)21-18(24)20-15-5-3-4-14(19)10-15/h3-10,12H,11H2,1-2H3,(H2,20,21,22,24). The molecule has 2 aromatic rings. The second-order valence-corrected chi connectivity index (χ2v) is 6.06. The lowest BCUT2D eigenvalue weighted by Crippen LogP contribution is -2.34. The first kappa shape index (κ1) is 17.9. The van der Waals surface area contributed by atoms with Gasteiger partial charge in [0.15, 0.2) is 5.11 Å². The van der Waals surface area contributed by atoms with Gasteiger partial charge in [0.1, 0.15) is 11.6 Å². The molecular formula is C18H19FN2O2S. The van der Waals surface area contributed by atoms with Gasteiger partial charge >= 0.3 is 0 Å². The maximum absolute atomic E-state index is 13.1. The highest BCUT2D eigenvalue weighted by molar-refractivity contribution is 7.80. The molecule has 0 atom stereocenters. The number of ether oxygens (including phenoxy) is 1. The molecule has 0 aliphatic carbocycles. The first-order valence-corrected chi connectivity index (χ1v) is 7.95. The molecule has 0 bridgehead atoms. The molecule has 0 spiro atoms. The van der Waals surface area contributed by atoms with Crippen molar-refractivity contribution in [3.8, 4) is 5.75 Å². The number of carbonyl (C=O) groups is 1. The molecule has 126 valence electrons. The van der Waals surface area contributed by atoms with E-state index >= 15 is 0 Å². The maximum Gasteiger partial charge on any atom is 0.257 e. The predicted molar refractivity (Wildman–Crippen MR) is 96.9 cm³/mol. The highest BCUT2D eigenvalue weighted by Gasteiger charge is 2.08. The fraction of sp³-hybridized carbons (Fsp3) is 0.222. The predicted octanol–water partition coefficient (Wildman–Crippen LogP) is 3.99. The molecule has 0 aliphatic heterocycles. The molecule has 0 fully saturated rings. The zero-order valence-electron chi connectivity index (χ0n) is 13.5. The van der Waals surface area contributed by atoms with Crippen LogP contribution < -0.4 is 15.4 Å². The van der Waals surface area contributed by atoms with E-state index in [4.69, 9.17) is 17.0 Å². The van der Waals surface area contributed by atoms with Gasteiger partial charge in [-0.2, -0.15) is 0 Å². The molecule has 4 nitrogen and oxygen atoms in total. The topological polar surface area (TPSA) is 50.4 Å². The van der Waals surface area contributed by atoms with Crippen LogP contribution in [0.5, 0.6) is 5.75 Å². The van der Waals surface area contributed by atoms with E-state index < -0.39 is 0 Å². The summed E-state index contributed by atoms with van der Waals surface area (Å²) < 4.78 is 18.7. The number of thiocarbonyl (C=S) groups is 1. The molecule has 0 aromatic heterocycles. The lowest BCUT2D eigenvalue weighted by molar-refractivity contribution is 0.0977. The van der Waals surface area contributed by atoms with Gasteiger partial charge in [0.2, 0.25) is 0 Å². The zero-order chi connectivity index (χ0) is 17.5. The van der Waals surface area contributed by atoms with E-state index in [1.807, 2.05) is 0 Å². The van der Waals surface area contributed by atoms with E-state index in [9.17, 15) is 9.18 Å². The quantitative estimate of drug-likeness (QED) is 0.804. The van der Waals surface area contributed by atoms with Gasteiger partial charge < -0.3 is 10.1 Å². The number of amides is 1. The van der Waals surface area contributed by atoms with Crippen LogP contribution >= 0.6 is 12.2 Å². The Balaban J connectivity index is 1.90. The minimum atomic E-state index is -0.383. The smallest absolute Gasteiger partial charge is 0.257 e. The number of carbonyl (C=O) groups excluding carboxylic acids is 1. The number of nitrogens with one attached hydrogen (secondary N) is 2. The SMILES string of the molecule is CC(C)COc1ccc(C(=O)NC(=S)Nc2cccc(F)c2)cc1. The summed E-state index contributed by atoms with van der Waals surface area (Å²) in [6.45, 7) is 4.75. The van der Waals surface area contributed by atoms with Gasteiger partial charge in [-0.15, -0.1) is 0 Å². The Hall–Kier alpha value is -2.47. The normalized spacial score (nSPS) is 10.3. The minimum absolute atomic E-state index is 0.103. The Labute approximate surface area is 146 Å². The second-order valence-electron chi connectivity index (χ2n) is 5.65. The van der Waals surface area contributed by atoms with Crippen LogP contribution in [-0.4, -0.2) is 17.6 Å². The highest BCUT2D eigenvalue weighted by Crippen LogP contribution is 2.13. The van der Waals surface area contributed by atoms with E-state index in [1.54, 1.807) is 36.4 Å². The largest absolute Gasteiger partial charge is 0.493 e. The molecule has 24 heavy (non-hydrogen) atoms. The number of rotatable bonds is 5. The van der Waals surface area contributed by atoms with Crippen molar-refractivity contribution in [2.75, 3.05) is 11.9 Å². The Morgan fingerprint density at radius 2 is 1.92 bits per heavy atom. The van der Waals surface area contributed by atoms with E-state index in [1.165, 1.54) is 12.1 Å². The van der Waals surface area contributed by atoms with Crippen LogP contribution in [0.4, 0.5) is 10.1 Å². The van der Waals surface area contributed by atoms with Crippen LogP contribution in [0.15, 0.2) is 48.5 Å². The molecule has 0 saturated heterocycles. The Kier molecular flexibility index (Phi) is 6.26. The van der Waals surface area contributed by atoms with Gasteiger partial charge in [0.25, 0.3) is 5.91 Å². The molecular weight excluding hydrogens is 327 g/mol. The molecule has 0 heterocycles. The number of benzene rings is 2. The summed E-state index contributed by atoms with van der Waals surface area (Å²) in [5.41, 5.74) is 0.924. The van der Waals surface area contributed by atoms with E-state index in [2.05, 4.69) is 24.5 Å². The highest BCUT2D eigenvalue weighted by atomic mass is 32.1. The molecule has 0 unspecified atom stereocenters. The van der Waals surface area contributed by atoms with Crippen LogP contribution in [0, 0.1) is 11.7 Å². The molecule has 2 rings (SSSR count). The van der Waals surface area contributed by atoms with E-state index in [0.29, 0.717) is 29.5 Å². The summed E-state index contributed by atoms with van der Waals surface area (Å²) in [7, 11) is 0. The molecule has 0 radical (unpaired) electrons. The van der Waals surface area contributed by atoms with Crippen molar-refractivity contribution in [3.63, 3.8) is 0 Å². The third kappa shape index (κ3) is 5.62. The first-order valence-electron chi connectivity index (χ1n) is 7.55. The molecule has 0 aliphatic rings. The molecule has 1 amide bonds. The van der Waals surface area contributed by atoms with Crippen molar-refractivity contribution >= 4 is 28.9 Å². The fourth-order valence-corrected chi connectivity index (χ4v) is 2.08. The van der Waals surface area contributed by atoms with Crippen LogP contribution in [0.25, 0.3) is 0 Å². The van der Waals surface area contributed by atoms with E-state index in [0.717, 1.165) is 0 Å². The molecule has 2 aromatic carbocycles. The summed E-state index contributed by atoms with van der Waals surface area (Å²) in [5.74, 6) is 0.408. The van der Waals surface area contributed by atoms with Gasteiger partial charge in [-0.05, 0) is 60.6 Å². The van der Waals surface area contributed by atoms with Gasteiger partial charge in [-0.3, -0.25) is 10.1 Å². The summed E-state index contributed by atoms with van der Waals surface area (Å²) in [5, 5.41) is 5.42. The lowest BCUT2D eigenvalue weighted by atomic mass is 10.2. The van der Waals surface area contributed by atoms with Crippen molar-refractivity contribution in [3.05, 3.63) is 59.9 Å². The maximum atomic E-state index is 13.1. The van der Waals surface area contributed by atoms with Gasteiger partial charge in [0.05, 0.1) is 6.61 Å². The monoisotopic (exact) mass is 346 g/mol. The summed E-state index contributed by atoms with van der Waals surface area (Å²) >= 11 is 5.06. The van der Waals surface area contributed by atoms with Crippen molar-refractivity contribution < 1.29 is 13.9 Å². The van der Waals surface area contributed by atoms with E-state index in [-0.39, 0.29) is 16.8 Å². The van der Waals surface area contributed by atoms with Gasteiger partial charge in [-0.1, -0.05) is 19.9 Å². The van der Waals surface area contributed by atoms with Crippen LogP contribution in [0.1, 0.15) is 24.2 Å². The Morgan fingerprint density at radius 3 is 2.54 bits per heavy atom.